The van der Waals surface area contributed by atoms with Gasteiger partial charge < -0.3 is 5.32 Å². The van der Waals surface area contributed by atoms with E-state index in [1.165, 1.54) is 38.5 Å². The molecule has 2 aliphatic heterocycles. The fraction of sp³-hybridized carbons (Fsp3) is 1.00. The minimum atomic E-state index is -2.85. The molecule has 0 aliphatic carbocycles. The Hall–Kier alpha value is -0.130. The number of rotatable bonds is 6. The number of nitrogens with zero attached hydrogens (tertiary/aromatic N) is 1. The molecule has 0 spiro atoms. The largest absolute Gasteiger partial charge is 0.317 e. The minimum absolute atomic E-state index is 0.346. The molecule has 1 unspecified atom stereocenters. The second-order valence-electron chi connectivity index (χ2n) is 6.69. The maximum Gasteiger partial charge on any atom is 0.151 e. The van der Waals surface area contributed by atoms with Crippen molar-refractivity contribution in [2.24, 2.45) is 5.92 Å². The lowest BCUT2D eigenvalue weighted by Crippen LogP contribution is -2.46. The van der Waals surface area contributed by atoms with E-state index >= 15 is 0 Å². The van der Waals surface area contributed by atoms with Gasteiger partial charge >= 0.3 is 0 Å². The van der Waals surface area contributed by atoms with Crippen LogP contribution in [-0.4, -0.2) is 57.0 Å². The van der Waals surface area contributed by atoms with Gasteiger partial charge in [-0.05, 0) is 57.7 Å². The van der Waals surface area contributed by atoms with Gasteiger partial charge in [-0.25, -0.2) is 8.42 Å². The van der Waals surface area contributed by atoms with Gasteiger partial charge in [-0.3, -0.25) is 4.90 Å². The molecule has 1 atom stereocenters. The zero-order valence-corrected chi connectivity index (χ0v) is 14.3. The minimum Gasteiger partial charge on any atom is -0.317 e. The van der Waals surface area contributed by atoms with Crippen LogP contribution in [0.3, 0.4) is 0 Å². The number of piperidine rings is 1. The highest BCUT2D eigenvalue weighted by Crippen LogP contribution is 2.28. The fourth-order valence-electron chi connectivity index (χ4n) is 3.90. The molecular weight excluding hydrogens is 284 g/mol. The van der Waals surface area contributed by atoms with Gasteiger partial charge in [0, 0.05) is 18.3 Å². The number of likely N-dealkylation sites (tertiary alicyclic amines) is 1. The van der Waals surface area contributed by atoms with Gasteiger partial charge in [0.2, 0.25) is 0 Å². The Morgan fingerprint density at radius 2 is 1.81 bits per heavy atom. The van der Waals surface area contributed by atoms with E-state index in [1.807, 2.05) is 6.92 Å². The van der Waals surface area contributed by atoms with E-state index in [9.17, 15) is 8.42 Å². The molecule has 0 aromatic heterocycles. The number of nitrogens with one attached hydrogen (secondary N) is 1. The zero-order chi connectivity index (χ0) is 15.1. The molecule has 4 nitrogen and oxygen atoms in total. The van der Waals surface area contributed by atoms with Gasteiger partial charge in [0.1, 0.15) is 0 Å². The summed E-state index contributed by atoms with van der Waals surface area (Å²) in [7, 11) is -2.85. The summed E-state index contributed by atoms with van der Waals surface area (Å²) in [5.74, 6) is 1.46. The first-order valence-electron chi connectivity index (χ1n) is 8.77. The highest BCUT2D eigenvalue weighted by atomic mass is 32.2. The summed E-state index contributed by atoms with van der Waals surface area (Å²) in [4.78, 5) is 2.51. The van der Waals surface area contributed by atoms with Crippen molar-refractivity contribution in [2.45, 2.75) is 57.9 Å². The molecule has 5 heteroatoms. The third kappa shape index (κ3) is 5.53. The molecular formula is C16H32N2O2S. The van der Waals surface area contributed by atoms with Crippen molar-refractivity contribution >= 4 is 9.84 Å². The standard InChI is InChI=1S/C16H32N2O2S/c1-2-13-21(19,20)14-12-18-11-5-3-4-6-16(18)15-7-9-17-10-8-15/h15-17H,2-14H2,1H3. The Bertz CT molecular complexity index is 391. The second kappa shape index (κ2) is 8.49. The van der Waals surface area contributed by atoms with E-state index in [0.29, 0.717) is 17.5 Å². The van der Waals surface area contributed by atoms with Crippen molar-refractivity contribution in [3.63, 3.8) is 0 Å². The van der Waals surface area contributed by atoms with Crippen LogP contribution in [0.5, 0.6) is 0 Å². The summed E-state index contributed by atoms with van der Waals surface area (Å²) in [6.45, 7) is 6.04. The molecule has 0 amide bonds. The van der Waals surface area contributed by atoms with Gasteiger partial charge in [-0.15, -0.1) is 0 Å². The maximum atomic E-state index is 12.0. The van der Waals surface area contributed by atoms with Gasteiger partial charge in [-0.2, -0.15) is 0 Å². The van der Waals surface area contributed by atoms with Crippen LogP contribution in [0.2, 0.25) is 0 Å². The molecule has 0 radical (unpaired) electrons. The monoisotopic (exact) mass is 316 g/mol. The van der Waals surface area contributed by atoms with Gasteiger partial charge in [0.15, 0.2) is 9.84 Å². The molecule has 0 aromatic carbocycles. The summed E-state index contributed by atoms with van der Waals surface area (Å²) < 4.78 is 24.0. The van der Waals surface area contributed by atoms with E-state index < -0.39 is 9.84 Å². The average molecular weight is 317 g/mol. The Morgan fingerprint density at radius 1 is 1.05 bits per heavy atom. The van der Waals surface area contributed by atoms with Crippen molar-refractivity contribution in [1.29, 1.82) is 0 Å². The lowest BCUT2D eigenvalue weighted by molar-refractivity contribution is 0.129. The normalized spacial score (nSPS) is 26.6. The number of sulfone groups is 1. The van der Waals surface area contributed by atoms with Crippen LogP contribution in [0.25, 0.3) is 0 Å². The lowest BCUT2D eigenvalue weighted by Gasteiger charge is -2.38. The first-order chi connectivity index (χ1) is 10.1. The van der Waals surface area contributed by atoms with Crippen LogP contribution in [0.4, 0.5) is 0 Å². The van der Waals surface area contributed by atoms with E-state index in [-0.39, 0.29) is 0 Å². The van der Waals surface area contributed by atoms with Crippen molar-refractivity contribution in [2.75, 3.05) is 37.7 Å². The number of hydrogen-bond acceptors (Lipinski definition) is 4. The Morgan fingerprint density at radius 3 is 2.52 bits per heavy atom. The molecule has 124 valence electrons. The Balaban J connectivity index is 1.95. The lowest BCUT2D eigenvalue weighted by atomic mass is 9.87. The van der Waals surface area contributed by atoms with E-state index in [4.69, 9.17) is 0 Å². The van der Waals surface area contributed by atoms with Crippen LogP contribution in [0.15, 0.2) is 0 Å². The molecule has 2 fully saturated rings. The van der Waals surface area contributed by atoms with Crippen LogP contribution in [-0.2, 0) is 9.84 Å². The summed E-state index contributed by atoms with van der Waals surface area (Å²) >= 11 is 0. The van der Waals surface area contributed by atoms with Crippen LogP contribution >= 0.6 is 0 Å². The molecule has 0 aromatic rings. The van der Waals surface area contributed by atoms with Crippen molar-refractivity contribution in [1.82, 2.24) is 10.2 Å². The summed E-state index contributed by atoms with van der Waals surface area (Å²) in [5, 5.41) is 3.44. The quantitative estimate of drug-likeness (QED) is 0.815. The third-order valence-corrected chi connectivity index (χ3v) is 6.88. The SMILES string of the molecule is CCCS(=O)(=O)CCN1CCCCCC1C1CCNCC1. The first kappa shape index (κ1) is 17.2. The second-order valence-corrected chi connectivity index (χ2v) is 9.00. The van der Waals surface area contributed by atoms with Crippen molar-refractivity contribution < 1.29 is 8.42 Å². The van der Waals surface area contributed by atoms with E-state index in [2.05, 4.69) is 10.2 Å². The number of hydrogen-bond donors (Lipinski definition) is 1. The Kier molecular flexibility index (Phi) is 6.96. The molecule has 2 saturated heterocycles. The predicted octanol–water partition coefficient (Wildman–Crippen LogP) is 2.06. The maximum absolute atomic E-state index is 12.0. The fourth-order valence-corrected chi connectivity index (χ4v) is 5.24. The Labute approximate surface area is 130 Å². The zero-order valence-electron chi connectivity index (χ0n) is 13.5. The van der Waals surface area contributed by atoms with Crippen LogP contribution in [0, 0.1) is 5.92 Å². The van der Waals surface area contributed by atoms with Crippen LogP contribution in [0.1, 0.15) is 51.9 Å². The molecule has 2 rings (SSSR count). The molecule has 0 bridgehead atoms. The molecule has 0 saturated carbocycles. The summed E-state index contributed by atoms with van der Waals surface area (Å²) in [6, 6.07) is 0.617. The molecule has 1 N–H and O–H groups in total. The summed E-state index contributed by atoms with van der Waals surface area (Å²) in [5.41, 5.74) is 0. The molecule has 21 heavy (non-hydrogen) atoms. The molecule has 2 aliphatic rings. The summed E-state index contributed by atoms with van der Waals surface area (Å²) in [6.07, 6.45) is 8.35. The van der Waals surface area contributed by atoms with Crippen molar-refractivity contribution in [3.05, 3.63) is 0 Å². The average Bonchev–Trinajstić information content (AvgIpc) is 2.71. The predicted molar refractivity (Wildman–Crippen MR) is 88.4 cm³/mol. The van der Waals surface area contributed by atoms with Gasteiger partial charge in [-0.1, -0.05) is 19.8 Å². The van der Waals surface area contributed by atoms with E-state index in [1.54, 1.807) is 0 Å². The van der Waals surface area contributed by atoms with E-state index in [0.717, 1.165) is 38.5 Å². The first-order valence-corrected chi connectivity index (χ1v) is 10.6. The van der Waals surface area contributed by atoms with Gasteiger partial charge in [0.25, 0.3) is 0 Å². The van der Waals surface area contributed by atoms with Crippen LogP contribution < -0.4 is 5.32 Å². The topological polar surface area (TPSA) is 49.4 Å². The molecule has 2 heterocycles. The highest BCUT2D eigenvalue weighted by molar-refractivity contribution is 7.91. The van der Waals surface area contributed by atoms with Crippen molar-refractivity contribution in [3.8, 4) is 0 Å². The highest BCUT2D eigenvalue weighted by Gasteiger charge is 2.30. The van der Waals surface area contributed by atoms with Gasteiger partial charge in [0.05, 0.1) is 5.75 Å². The smallest absolute Gasteiger partial charge is 0.151 e. The third-order valence-electron chi connectivity index (χ3n) is 5.05.